The Bertz CT molecular complexity index is 947. The summed E-state index contributed by atoms with van der Waals surface area (Å²) in [5.74, 6) is -1.94. The second-order valence-electron chi connectivity index (χ2n) is 6.55. The van der Waals surface area contributed by atoms with Crippen LogP contribution in [0, 0.1) is 5.92 Å². The number of hydrogen-bond donors (Lipinski definition) is 2. The summed E-state index contributed by atoms with van der Waals surface area (Å²) in [6, 6.07) is 22.5. The van der Waals surface area contributed by atoms with Crippen LogP contribution in [0.4, 0.5) is 0 Å². The van der Waals surface area contributed by atoms with E-state index in [1.807, 2.05) is 48.5 Å². The predicted octanol–water partition coefficient (Wildman–Crippen LogP) is 4.55. The van der Waals surface area contributed by atoms with E-state index in [1.165, 1.54) is 0 Å². The molecule has 2 unspecified atom stereocenters. The molecule has 0 spiro atoms. The number of benzene rings is 3. The average Bonchev–Trinajstić information content (AvgIpc) is 2.61. The molecule has 0 aliphatic heterocycles. The van der Waals surface area contributed by atoms with Crippen molar-refractivity contribution >= 4 is 24.1 Å². The van der Waals surface area contributed by atoms with Crippen molar-refractivity contribution in [2.75, 3.05) is 6.16 Å². The predicted molar refractivity (Wildman–Crippen MR) is 104 cm³/mol. The van der Waals surface area contributed by atoms with Crippen LogP contribution in [0.25, 0.3) is 10.8 Å². The lowest BCUT2D eigenvalue weighted by molar-refractivity contribution is -0.140. The lowest BCUT2D eigenvalue weighted by Gasteiger charge is -2.18. The zero-order valence-electron chi connectivity index (χ0n) is 14.3. The molecule has 26 heavy (non-hydrogen) atoms. The first-order valence-corrected chi connectivity index (χ1v) is 10.5. The molecule has 4 nitrogen and oxygen atoms in total. The highest BCUT2D eigenvalue weighted by Gasteiger charge is 2.29. The van der Waals surface area contributed by atoms with E-state index < -0.39 is 19.3 Å². The van der Waals surface area contributed by atoms with Crippen LogP contribution in [-0.2, 0) is 21.9 Å². The van der Waals surface area contributed by atoms with Crippen LogP contribution in [0.2, 0.25) is 0 Å². The van der Waals surface area contributed by atoms with Crippen LogP contribution in [-0.4, -0.2) is 22.1 Å². The van der Waals surface area contributed by atoms with Crippen molar-refractivity contribution in [3.8, 4) is 0 Å². The van der Waals surface area contributed by atoms with E-state index in [2.05, 4.69) is 0 Å². The summed E-state index contributed by atoms with van der Waals surface area (Å²) in [4.78, 5) is 22.1. The van der Waals surface area contributed by atoms with E-state index in [0.29, 0.717) is 0 Å². The van der Waals surface area contributed by atoms with Gasteiger partial charge in [-0.2, -0.15) is 0 Å². The molecule has 3 aromatic carbocycles. The fourth-order valence-electron chi connectivity index (χ4n) is 3.24. The van der Waals surface area contributed by atoms with Gasteiger partial charge in [-0.15, -0.1) is 0 Å². The second kappa shape index (κ2) is 7.86. The molecule has 0 saturated carbocycles. The Kier molecular flexibility index (Phi) is 5.55. The van der Waals surface area contributed by atoms with Crippen molar-refractivity contribution in [1.82, 2.24) is 0 Å². The fraction of sp³-hybridized carbons (Fsp3) is 0.190. The Morgan fingerprint density at radius 2 is 1.58 bits per heavy atom. The molecule has 0 amide bonds. The van der Waals surface area contributed by atoms with E-state index in [0.717, 1.165) is 21.9 Å². The smallest absolute Gasteiger partial charge is 0.307 e. The van der Waals surface area contributed by atoms with Crippen LogP contribution in [0.1, 0.15) is 11.1 Å². The zero-order chi connectivity index (χ0) is 18.6. The van der Waals surface area contributed by atoms with Crippen molar-refractivity contribution in [3.63, 3.8) is 0 Å². The maximum atomic E-state index is 12.6. The summed E-state index contributed by atoms with van der Waals surface area (Å²) in [6.45, 7) is 0. The van der Waals surface area contributed by atoms with Gasteiger partial charge in [0.2, 0.25) is 7.37 Å². The van der Waals surface area contributed by atoms with Crippen molar-refractivity contribution in [3.05, 3.63) is 83.9 Å². The molecule has 3 aromatic rings. The Balaban J connectivity index is 1.81. The SMILES string of the molecule is O=C(O)C(Cc1cccc2ccccc12)CP(=O)(O)Cc1ccccc1. The van der Waals surface area contributed by atoms with Crippen molar-refractivity contribution < 1.29 is 19.4 Å². The van der Waals surface area contributed by atoms with Gasteiger partial charge in [-0.25, -0.2) is 0 Å². The van der Waals surface area contributed by atoms with E-state index in [4.69, 9.17) is 0 Å². The van der Waals surface area contributed by atoms with Gasteiger partial charge < -0.3 is 10.00 Å². The monoisotopic (exact) mass is 368 g/mol. The van der Waals surface area contributed by atoms with E-state index in [1.54, 1.807) is 24.3 Å². The lowest BCUT2D eigenvalue weighted by Crippen LogP contribution is -2.21. The summed E-state index contributed by atoms with van der Waals surface area (Å²) in [5.41, 5.74) is 1.63. The van der Waals surface area contributed by atoms with Gasteiger partial charge in [-0.05, 0) is 28.3 Å². The highest BCUT2D eigenvalue weighted by atomic mass is 31.2. The average molecular weight is 368 g/mol. The Labute approximate surface area is 152 Å². The molecule has 2 N–H and O–H groups in total. The number of rotatable bonds is 7. The number of carboxylic acids is 1. The summed E-state index contributed by atoms with van der Waals surface area (Å²) in [7, 11) is -3.60. The third-order valence-corrected chi connectivity index (χ3v) is 6.34. The van der Waals surface area contributed by atoms with Gasteiger partial charge in [0.25, 0.3) is 0 Å². The van der Waals surface area contributed by atoms with Gasteiger partial charge in [-0.3, -0.25) is 9.36 Å². The molecule has 0 bridgehead atoms. The molecular weight excluding hydrogens is 347 g/mol. The Morgan fingerprint density at radius 1 is 0.923 bits per heavy atom. The fourth-order valence-corrected chi connectivity index (χ4v) is 5.13. The van der Waals surface area contributed by atoms with Crippen molar-refractivity contribution in [1.29, 1.82) is 0 Å². The molecule has 0 radical (unpaired) electrons. The first-order chi connectivity index (χ1) is 12.4. The van der Waals surface area contributed by atoms with Crippen molar-refractivity contribution in [2.24, 2.45) is 5.92 Å². The van der Waals surface area contributed by atoms with E-state index >= 15 is 0 Å². The minimum atomic E-state index is -3.60. The minimum Gasteiger partial charge on any atom is -0.481 e. The summed E-state index contributed by atoms with van der Waals surface area (Å²) < 4.78 is 12.6. The highest BCUT2D eigenvalue weighted by Crippen LogP contribution is 2.46. The molecule has 0 heterocycles. The van der Waals surface area contributed by atoms with Crippen LogP contribution in [0.5, 0.6) is 0 Å². The standard InChI is InChI=1S/C21H21O4P/c22-21(23)19(15-26(24,25)14-16-7-2-1-3-8-16)13-18-11-6-10-17-9-4-5-12-20(17)18/h1-12,19H,13-15H2,(H,22,23)(H,24,25). The largest absolute Gasteiger partial charge is 0.481 e. The van der Waals surface area contributed by atoms with Gasteiger partial charge >= 0.3 is 5.97 Å². The topological polar surface area (TPSA) is 74.6 Å². The number of fused-ring (bicyclic) bond motifs is 1. The molecular formula is C21H21O4P. The van der Waals surface area contributed by atoms with Crippen LogP contribution in [0.15, 0.2) is 72.8 Å². The molecule has 0 aliphatic rings. The van der Waals surface area contributed by atoms with Crippen molar-refractivity contribution in [2.45, 2.75) is 12.6 Å². The minimum absolute atomic E-state index is 0.00679. The molecule has 2 atom stereocenters. The van der Waals surface area contributed by atoms with E-state index in [9.17, 15) is 19.4 Å². The van der Waals surface area contributed by atoms with Gasteiger partial charge in [0.1, 0.15) is 0 Å². The first kappa shape index (κ1) is 18.4. The van der Waals surface area contributed by atoms with Crippen LogP contribution in [0.3, 0.4) is 0 Å². The third kappa shape index (κ3) is 4.60. The normalized spacial score (nSPS) is 14.7. The number of carbonyl (C=O) groups is 1. The molecule has 134 valence electrons. The zero-order valence-corrected chi connectivity index (χ0v) is 15.2. The molecule has 0 aliphatic carbocycles. The van der Waals surface area contributed by atoms with Gasteiger partial charge in [-0.1, -0.05) is 72.8 Å². The lowest BCUT2D eigenvalue weighted by atomic mass is 9.96. The third-order valence-electron chi connectivity index (χ3n) is 4.47. The number of aliphatic carboxylic acids is 1. The summed E-state index contributed by atoms with van der Waals surface area (Å²) in [5, 5.41) is 11.6. The molecule has 0 aromatic heterocycles. The van der Waals surface area contributed by atoms with E-state index in [-0.39, 0.29) is 18.7 Å². The van der Waals surface area contributed by atoms with Gasteiger partial charge in [0.05, 0.1) is 5.92 Å². The van der Waals surface area contributed by atoms with Gasteiger partial charge in [0, 0.05) is 12.3 Å². The maximum Gasteiger partial charge on any atom is 0.307 e. The summed E-state index contributed by atoms with van der Waals surface area (Å²) >= 11 is 0. The molecule has 0 fully saturated rings. The molecule has 5 heteroatoms. The summed E-state index contributed by atoms with van der Waals surface area (Å²) in [6.07, 6.45) is -0.0103. The quantitative estimate of drug-likeness (QED) is 0.600. The molecule has 3 rings (SSSR count). The highest BCUT2D eigenvalue weighted by molar-refractivity contribution is 7.57. The molecule has 0 saturated heterocycles. The second-order valence-corrected chi connectivity index (χ2v) is 8.92. The Morgan fingerprint density at radius 3 is 2.31 bits per heavy atom. The number of hydrogen-bond acceptors (Lipinski definition) is 2. The van der Waals surface area contributed by atoms with Gasteiger partial charge in [0.15, 0.2) is 0 Å². The van der Waals surface area contributed by atoms with Crippen LogP contribution >= 0.6 is 7.37 Å². The maximum absolute atomic E-state index is 12.6. The van der Waals surface area contributed by atoms with Crippen LogP contribution < -0.4 is 0 Å². The Hall–Kier alpha value is -2.42. The first-order valence-electron chi connectivity index (χ1n) is 8.49. The number of carboxylic acid groups (broad SMARTS) is 1.